The number of carbonyl (C=O) groups excluding carboxylic acids is 1. The smallest absolute Gasteiger partial charge is 0.224 e. The van der Waals surface area contributed by atoms with Crippen LogP contribution in [-0.4, -0.2) is 38.2 Å². The largest absolute Gasteiger partial charge is 0.380 e. The van der Waals surface area contributed by atoms with Gasteiger partial charge in [-0.2, -0.15) is 0 Å². The van der Waals surface area contributed by atoms with Gasteiger partial charge in [-0.05, 0) is 43.4 Å². The predicted octanol–water partition coefficient (Wildman–Crippen LogP) is 4.16. The van der Waals surface area contributed by atoms with Crippen molar-refractivity contribution in [2.45, 2.75) is 53.5 Å². The summed E-state index contributed by atoms with van der Waals surface area (Å²) in [5.41, 5.74) is 1.92. The van der Waals surface area contributed by atoms with E-state index >= 15 is 0 Å². The van der Waals surface area contributed by atoms with E-state index in [-0.39, 0.29) is 29.9 Å². The van der Waals surface area contributed by atoms with E-state index in [0.717, 1.165) is 49.7 Å². The van der Waals surface area contributed by atoms with Crippen LogP contribution in [0.3, 0.4) is 0 Å². The SMILES string of the molecule is CCCC(=O)Nc1ccc(CN=C(NCC)NCCOCCC(C)C)cc1.I. The maximum Gasteiger partial charge on any atom is 0.224 e. The Morgan fingerprint density at radius 1 is 1.11 bits per heavy atom. The predicted molar refractivity (Wildman–Crippen MR) is 128 cm³/mol. The van der Waals surface area contributed by atoms with Crippen LogP contribution >= 0.6 is 24.0 Å². The molecule has 6 nitrogen and oxygen atoms in total. The van der Waals surface area contributed by atoms with E-state index in [1.54, 1.807) is 0 Å². The van der Waals surface area contributed by atoms with Crippen molar-refractivity contribution >= 4 is 41.5 Å². The maximum atomic E-state index is 11.6. The molecule has 1 aromatic rings. The molecule has 0 aliphatic carbocycles. The molecular formula is C21H37IN4O2. The van der Waals surface area contributed by atoms with Gasteiger partial charge < -0.3 is 20.7 Å². The molecule has 0 unspecified atom stereocenters. The average molecular weight is 504 g/mol. The molecule has 1 amide bonds. The molecule has 0 aliphatic rings. The summed E-state index contributed by atoms with van der Waals surface area (Å²) in [6.45, 7) is 12.0. The number of benzene rings is 1. The standard InChI is InChI=1S/C21H36N4O2.HI/c1-5-7-20(26)25-19-10-8-18(9-11-19)16-24-21(22-6-2)23-13-15-27-14-12-17(3)4;/h8-11,17H,5-7,12-16H2,1-4H3,(H,25,26)(H2,22,23,24);1H. The molecule has 0 spiro atoms. The van der Waals surface area contributed by atoms with Gasteiger partial charge in [0, 0.05) is 31.8 Å². The Labute approximate surface area is 187 Å². The number of anilines is 1. The van der Waals surface area contributed by atoms with Crippen LogP contribution in [-0.2, 0) is 16.1 Å². The number of hydrogen-bond donors (Lipinski definition) is 3. The fourth-order valence-corrected chi connectivity index (χ4v) is 2.32. The van der Waals surface area contributed by atoms with Crippen LogP contribution in [0.2, 0.25) is 0 Å². The highest BCUT2D eigenvalue weighted by molar-refractivity contribution is 14.0. The number of amides is 1. The quantitative estimate of drug-likeness (QED) is 0.173. The van der Waals surface area contributed by atoms with Gasteiger partial charge in [0.25, 0.3) is 0 Å². The van der Waals surface area contributed by atoms with Crippen LogP contribution in [0.1, 0.15) is 52.5 Å². The number of halogens is 1. The second kappa shape index (κ2) is 16.6. The van der Waals surface area contributed by atoms with Crippen LogP contribution in [0, 0.1) is 5.92 Å². The van der Waals surface area contributed by atoms with Crippen molar-refractivity contribution in [3.8, 4) is 0 Å². The third-order valence-electron chi connectivity index (χ3n) is 3.86. The number of nitrogens with zero attached hydrogens (tertiary/aromatic N) is 1. The molecule has 0 aliphatic heterocycles. The molecular weight excluding hydrogens is 467 g/mol. The van der Waals surface area contributed by atoms with Gasteiger partial charge in [-0.25, -0.2) is 4.99 Å². The minimum atomic E-state index is 0. The Morgan fingerprint density at radius 2 is 1.82 bits per heavy atom. The van der Waals surface area contributed by atoms with Crippen molar-refractivity contribution in [2.24, 2.45) is 10.9 Å². The zero-order valence-electron chi connectivity index (χ0n) is 17.7. The molecule has 1 rings (SSSR count). The van der Waals surface area contributed by atoms with Gasteiger partial charge in [-0.1, -0.05) is 32.9 Å². The van der Waals surface area contributed by atoms with Gasteiger partial charge in [0.2, 0.25) is 5.91 Å². The summed E-state index contributed by atoms with van der Waals surface area (Å²) in [7, 11) is 0. The van der Waals surface area contributed by atoms with Crippen molar-refractivity contribution in [3.63, 3.8) is 0 Å². The first kappa shape index (κ1) is 26.6. The number of hydrogen-bond acceptors (Lipinski definition) is 3. The summed E-state index contributed by atoms with van der Waals surface area (Å²) in [5.74, 6) is 1.51. The zero-order chi connectivity index (χ0) is 19.9. The van der Waals surface area contributed by atoms with Crippen LogP contribution in [0.5, 0.6) is 0 Å². The lowest BCUT2D eigenvalue weighted by Gasteiger charge is -2.12. The minimum Gasteiger partial charge on any atom is -0.380 e. The molecule has 1 aromatic carbocycles. The molecule has 7 heteroatoms. The zero-order valence-corrected chi connectivity index (χ0v) is 20.0. The molecule has 0 saturated carbocycles. The number of aliphatic imine (C=N–C) groups is 1. The first-order valence-electron chi connectivity index (χ1n) is 10.0. The van der Waals surface area contributed by atoms with Crippen LogP contribution in [0.4, 0.5) is 5.69 Å². The summed E-state index contributed by atoms with van der Waals surface area (Å²) in [4.78, 5) is 16.2. The van der Waals surface area contributed by atoms with Crippen molar-refractivity contribution in [1.82, 2.24) is 10.6 Å². The fraction of sp³-hybridized carbons (Fsp3) is 0.619. The number of nitrogens with one attached hydrogen (secondary N) is 3. The molecule has 0 heterocycles. The average Bonchev–Trinajstić information content (AvgIpc) is 2.63. The molecule has 0 fully saturated rings. The summed E-state index contributed by atoms with van der Waals surface area (Å²) < 4.78 is 5.62. The number of guanidine groups is 1. The van der Waals surface area contributed by atoms with Gasteiger partial charge in [0.05, 0.1) is 13.2 Å². The summed E-state index contributed by atoms with van der Waals surface area (Å²) in [6.07, 6.45) is 2.48. The van der Waals surface area contributed by atoms with E-state index in [4.69, 9.17) is 4.74 Å². The highest BCUT2D eigenvalue weighted by atomic mass is 127. The number of rotatable bonds is 12. The van der Waals surface area contributed by atoms with E-state index in [2.05, 4.69) is 34.8 Å². The summed E-state index contributed by atoms with van der Waals surface area (Å²) in [5, 5.41) is 9.42. The summed E-state index contributed by atoms with van der Waals surface area (Å²) >= 11 is 0. The van der Waals surface area contributed by atoms with Crippen molar-refractivity contribution in [3.05, 3.63) is 29.8 Å². The first-order valence-corrected chi connectivity index (χ1v) is 10.0. The second-order valence-corrected chi connectivity index (χ2v) is 6.91. The Kier molecular flexibility index (Phi) is 15.8. The third-order valence-corrected chi connectivity index (χ3v) is 3.86. The van der Waals surface area contributed by atoms with Crippen LogP contribution in [0.25, 0.3) is 0 Å². The molecule has 3 N–H and O–H groups in total. The molecule has 0 bridgehead atoms. The van der Waals surface area contributed by atoms with Gasteiger partial charge in [0.1, 0.15) is 0 Å². The monoisotopic (exact) mass is 504 g/mol. The Balaban J connectivity index is 0.00000729. The topological polar surface area (TPSA) is 74.8 Å². The molecule has 0 saturated heterocycles. The van der Waals surface area contributed by atoms with Crippen LogP contribution in [0.15, 0.2) is 29.3 Å². The van der Waals surface area contributed by atoms with E-state index in [9.17, 15) is 4.79 Å². The lowest BCUT2D eigenvalue weighted by molar-refractivity contribution is -0.116. The molecule has 0 radical (unpaired) electrons. The number of ether oxygens (including phenoxy) is 1. The molecule has 0 aromatic heterocycles. The second-order valence-electron chi connectivity index (χ2n) is 6.91. The third kappa shape index (κ3) is 12.9. The van der Waals surface area contributed by atoms with Gasteiger partial charge in [0.15, 0.2) is 5.96 Å². The van der Waals surface area contributed by atoms with E-state index < -0.39 is 0 Å². The first-order chi connectivity index (χ1) is 13.0. The molecule has 160 valence electrons. The maximum absolute atomic E-state index is 11.6. The summed E-state index contributed by atoms with van der Waals surface area (Å²) in [6, 6.07) is 7.82. The normalized spacial score (nSPS) is 11.1. The Hall–Kier alpha value is -1.35. The van der Waals surface area contributed by atoms with Crippen molar-refractivity contribution < 1.29 is 9.53 Å². The van der Waals surface area contributed by atoms with Gasteiger partial charge in [-0.15, -0.1) is 24.0 Å². The Bertz CT molecular complexity index is 562. The van der Waals surface area contributed by atoms with Gasteiger partial charge >= 0.3 is 0 Å². The lowest BCUT2D eigenvalue weighted by Crippen LogP contribution is -2.39. The fourth-order valence-electron chi connectivity index (χ4n) is 2.32. The van der Waals surface area contributed by atoms with Crippen molar-refractivity contribution in [2.75, 3.05) is 31.6 Å². The minimum absolute atomic E-state index is 0. The lowest BCUT2D eigenvalue weighted by atomic mass is 10.1. The van der Waals surface area contributed by atoms with Gasteiger partial charge in [-0.3, -0.25) is 4.79 Å². The van der Waals surface area contributed by atoms with E-state index in [0.29, 0.717) is 25.5 Å². The number of carbonyl (C=O) groups is 1. The highest BCUT2D eigenvalue weighted by Crippen LogP contribution is 2.11. The Morgan fingerprint density at radius 3 is 2.43 bits per heavy atom. The van der Waals surface area contributed by atoms with E-state index in [1.807, 2.05) is 38.1 Å². The van der Waals surface area contributed by atoms with Crippen LogP contribution < -0.4 is 16.0 Å². The van der Waals surface area contributed by atoms with E-state index in [1.165, 1.54) is 0 Å². The van der Waals surface area contributed by atoms with Crippen molar-refractivity contribution in [1.29, 1.82) is 0 Å². The molecule has 0 atom stereocenters. The highest BCUT2D eigenvalue weighted by Gasteiger charge is 2.02. The molecule has 28 heavy (non-hydrogen) atoms.